The summed E-state index contributed by atoms with van der Waals surface area (Å²) in [6, 6.07) is 15.2. The summed E-state index contributed by atoms with van der Waals surface area (Å²) in [7, 11) is 0. The van der Waals surface area contributed by atoms with E-state index in [9.17, 15) is 19.2 Å². The molecule has 5 aliphatic heterocycles. The number of carbonyl (C=O) groups excluding carboxylic acids is 3. The second-order valence-electron chi connectivity index (χ2n) is 17.2. The van der Waals surface area contributed by atoms with Crippen molar-refractivity contribution in [3.63, 3.8) is 0 Å². The number of likely N-dealkylation sites (tertiary alicyclic amines) is 2. The Morgan fingerprint density at radius 3 is 2.37 bits per heavy atom. The molecule has 4 aromatic rings. The summed E-state index contributed by atoms with van der Waals surface area (Å²) in [5, 5.41) is 2.78. The van der Waals surface area contributed by atoms with Crippen molar-refractivity contribution in [3.8, 4) is 5.69 Å². The van der Waals surface area contributed by atoms with Crippen LogP contribution in [0.3, 0.4) is 0 Å². The lowest BCUT2D eigenvalue weighted by atomic mass is 9.82. The molecule has 5 aliphatic rings. The normalized spacial score (nSPS) is 22.9. The average Bonchev–Trinajstić information content (AvgIpc) is 3.77. The van der Waals surface area contributed by atoms with Crippen LogP contribution in [0.15, 0.2) is 57.8 Å². The minimum Gasteiger partial charge on any atom is -0.371 e. The number of amides is 3. The minimum atomic E-state index is -1.04. The molecule has 4 fully saturated rings. The molecule has 2 atom stereocenters. The summed E-state index contributed by atoms with van der Waals surface area (Å²) in [6.07, 6.45) is 4.79. The number of hydrogen-bond acceptors (Lipinski definition) is 7. The fourth-order valence-electron chi connectivity index (χ4n) is 10.2. The molecule has 9 rings (SSSR count). The molecule has 1 N–H and O–H groups in total. The van der Waals surface area contributed by atoms with Crippen molar-refractivity contribution in [3.05, 3.63) is 97.5 Å². The van der Waals surface area contributed by atoms with Crippen LogP contribution in [0.5, 0.6) is 0 Å². The fourth-order valence-corrected chi connectivity index (χ4v) is 10.7. The largest absolute Gasteiger partial charge is 0.371 e. The lowest BCUT2D eigenvalue weighted by molar-refractivity contribution is -0.136. The highest BCUT2D eigenvalue weighted by Crippen LogP contribution is 2.45. The summed E-state index contributed by atoms with van der Waals surface area (Å²) in [6.45, 7) is 9.73. The van der Waals surface area contributed by atoms with Gasteiger partial charge in [0.05, 0.1) is 33.8 Å². The number of piperidine rings is 3. The zero-order valence-corrected chi connectivity index (χ0v) is 33.9. The molecule has 57 heavy (non-hydrogen) atoms. The zero-order valence-electron chi connectivity index (χ0n) is 32.3. The van der Waals surface area contributed by atoms with Crippen LogP contribution in [0, 0.1) is 23.5 Å². The first kappa shape index (κ1) is 38.1. The number of carbonyl (C=O) groups is 3. The summed E-state index contributed by atoms with van der Waals surface area (Å²) in [5.41, 5.74) is 3.96. The molecular formula is C44H47BrF2N6O4. The fraction of sp³-hybridized carbons (Fsp3) is 0.477. The molecule has 3 aromatic carbocycles. The maximum Gasteiger partial charge on any atom is 0.281 e. The van der Waals surface area contributed by atoms with E-state index >= 15 is 8.78 Å². The Kier molecular flexibility index (Phi) is 9.82. The first-order valence-corrected chi connectivity index (χ1v) is 21.1. The SMILES string of the molecule is CC1(C)c2ccc(C3CCN(CC4CCN(C(=O)[C@@H]5CCN(c6cc(F)c(C7CCC(=O)NC7=O)c(F)c6)C5)CC4)CC3)cc2-n2c1nc(=O)c1c(Br)cccc12. The van der Waals surface area contributed by atoms with Gasteiger partial charge in [-0.15, -0.1) is 0 Å². The highest BCUT2D eigenvalue weighted by atomic mass is 79.9. The Labute approximate surface area is 338 Å². The number of aromatic nitrogens is 2. The Balaban J connectivity index is 0.778. The van der Waals surface area contributed by atoms with E-state index < -0.39 is 29.4 Å². The van der Waals surface area contributed by atoms with Gasteiger partial charge in [-0.25, -0.2) is 8.78 Å². The maximum absolute atomic E-state index is 15.2. The molecule has 0 radical (unpaired) electrons. The number of anilines is 1. The Hall–Kier alpha value is -4.49. The first-order chi connectivity index (χ1) is 27.4. The van der Waals surface area contributed by atoms with Crippen molar-refractivity contribution >= 4 is 50.2 Å². The highest BCUT2D eigenvalue weighted by Gasteiger charge is 2.40. The third-order valence-electron chi connectivity index (χ3n) is 13.4. The van der Waals surface area contributed by atoms with Crippen LogP contribution in [0.2, 0.25) is 0 Å². The molecule has 0 spiro atoms. The predicted octanol–water partition coefficient (Wildman–Crippen LogP) is 6.53. The number of hydrogen-bond donors (Lipinski definition) is 1. The molecule has 13 heteroatoms. The molecule has 1 aromatic heterocycles. The highest BCUT2D eigenvalue weighted by molar-refractivity contribution is 9.10. The Morgan fingerprint density at radius 2 is 1.65 bits per heavy atom. The Bertz CT molecular complexity index is 2340. The van der Waals surface area contributed by atoms with Crippen molar-refractivity contribution in [1.29, 1.82) is 0 Å². The minimum absolute atomic E-state index is 0.0383. The van der Waals surface area contributed by atoms with Gasteiger partial charge in [0.15, 0.2) is 0 Å². The molecule has 4 saturated heterocycles. The smallest absolute Gasteiger partial charge is 0.281 e. The van der Waals surface area contributed by atoms with Gasteiger partial charge in [0.1, 0.15) is 17.5 Å². The molecule has 6 heterocycles. The monoisotopic (exact) mass is 840 g/mol. The van der Waals surface area contributed by atoms with Crippen LogP contribution in [0.1, 0.15) is 93.1 Å². The van der Waals surface area contributed by atoms with E-state index in [1.807, 2.05) is 28.0 Å². The molecule has 298 valence electrons. The van der Waals surface area contributed by atoms with E-state index in [0.29, 0.717) is 42.4 Å². The van der Waals surface area contributed by atoms with Gasteiger partial charge in [-0.05, 0) is 135 Å². The van der Waals surface area contributed by atoms with Crippen LogP contribution in [-0.4, -0.2) is 82.9 Å². The summed E-state index contributed by atoms with van der Waals surface area (Å²) in [5.74, 6) is -2.14. The van der Waals surface area contributed by atoms with E-state index in [4.69, 9.17) is 0 Å². The summed E-state index contributed by atoms with van der Waals surface area (Å²) >= 11 is 3.58. The quantitative estimate of drug-likeness (QED) is 0.220. The van der Waals surface area contributed by atoms with Crippen LogP contribution in [0.25, 0.3) is 16.6 Å². The van der Waals surface area contributed by atoms with Crippen molar-refractivity contribution in [2.24, 2.45) is 11.8 Å². The van der Waals surface area contributed by atoms with E-state index in [2.05, 4.69) is 67.7 Å². The number of nitrogens with one attached hydrogen (secondary N) is 1. The number of rotatable bonds is 6. The van der Waals surface area contributed by atoms with Gasteiger partial charge in [0, 0.05) is 54.9 Å². The van der Waals surface area contributed by atoms with Gasteiger partial charge in [-0.1, -0.05) is 18.2 Å². The third-order valence-corrected chi connectivity index (χ3v) is 14.1. The van der Waals surface area contributed by atoms with Crippen molar-refractivity contribution < 1.29 is 23.2 Å². The molecule has 1 unspecified atom stereocenters. The molecule has 3 amide bonds. The first-order valence-electron chi connectivity index (χ1n) is 20.3. The molecule has 10 nitrogen and oxygen atoms in total. The number of benzene rings is 3. The van der Waals surface area contributed by atoms with Crippen molar-refractivity contribution in [1.82, 2.24) is 24.7 Å². The second-order valence-corrected chi connectivity index (χ2v) is 18.1. The lowest BCUT2D eigenvalue weighted by Crippen LogP contribution is -2.45. The standard InChI is InChI=1S/C44H47BrF2N6O4/c1-44(2)31-8-6-27(20-36(31)53-35-5-3-4-32(45)39(35)41(56)49-43(44)53)26-12-15-50(16-13-26)23-25-10-17-51(18-11-25)42(57)28-14-19-52(24-28)29-21-33(46)38(34(47)22-29)30-7-9-37(54)48-40(30)55/h3-6,8,20-22,25-26,28,30H,7,9-19,23-24H2,1-2H3,(H,48,54,55)/t28-,30?/m1/s1. The zero-order chi connectivity index (χ0) is 39.7. The van der Waals surface area contributed by atoms with E-state index in [1.165, 1.54) is 23.3 Å². The summed E-state index contributed by atoms with van der Waals surface area (Å²) in [4.78, 5) is 61.5. The number of halogens is 3. The molecular weight excluding hydrogens is 794 g/mol. The van der Waals surface area contributed by atoms with Gasteiger partial charge < -0.3 is 14.7 Å². The number of nitrogens with zero attached hydrogens (tertiary/aromatic N) is 5. The number of imide groups is 1. The van der Waals surface area contributed by atoms with Gasteiger partial charge in [-0.3, -0.25) is 29.1 Å². The van der Waals surface area contributed by atoms with Crippen LogP contribution < -0.4 is 15.8 Å². The van der Waals surface area contributed by atoms with Crippen LogP contribution in [-0.2, 0) is 19.8 Å². The van der Waals surface area contributed by atoms with Crippen molar-refractivity contribution in [2.45, 2.75) is 76.0 Å². The second kappa shape index (κ2) is 14.7. The molecule has 0 saturated carbocycles. The average molecular weight is 842 g/mol. The summed E-state index contributed by atoms with van der Waals surface area (Å²) < 4.78 is 33.4. The Morgan fingerprint density at radius 1 is 0.912 bits per heavy atom. The van der Waals surface area contributed by atoms with Gasteiger partial charge in [-0.2, -0.15) is 4.98 Å². The van der Waals surface area contributed by atoms with E-state index in [-0.39, 0.29) is 41.2 Å². The number of fused-ring (bicyclic) bond motifs is 5. The van der Waals surface area contributed by atoms with Gasteiger partial charge in [0.25, 0.3) is 5.56 Å². The predicted molar refractivity (Wildman–Crippen MR) is 217 cm³/mol. The van der Waals surface area contributed by atoms with E-state index in [0.717, 1.165) is 79.9 Å². The van der Waals surface area contributed by atoms with Crippen LogP contribution >= 0.6 is 15.9 Å². The van der Waals surface area contributed by atoms with Crippen molar-refractivity contribution in [2.75, 3.05) is 50.7 Å². The lowest BCUT2D eigenvalue weighted by Gasteiger charge is -2.38. The molecule has 0 bridgehead atoms. The van der Waals surface area contributed by atoms with Gasteiger partial charge >= 0.3 is 0 Å². The topological polar surface area (TPSA) is 108 Å². The van der Waals surface area contributed by atoms with Gasteiger partial charge in [0.2, 0.25) is 17.7 Å². The third kappa shape index (κ3) is 6.78. The van der Waals surface area contributed by atoms with E-state index in [1.54, 1.807) is 0 Å². The molecule has 0 aliphatic carbocycles. The maximum atomic E-state index is 15.2. The van der Waals surface area contributed by atoms with Crippen LogP contribution in [0.4, 0.5) is 14.5 Å².